The van der Waals surface area contributed by atoms with Crippen LogP contribution in [0.3, 0.4) is 0 Å². The van der Waals surface area contributed by atoms with Crippen molar-refractivity contribution in [1.82, 2.24) is 9.80 Å². The zero-order valence-corrected chi connectivity index (χ0v) is 21.4. The summed E-state index contributed by atoms with van der Waals surface area (Å²) in [6.45, 7) is 7.38. The van der Waals surface area contributed by atoms with Gasteiger partial charge in [-0.05, 0) is 89.9 Å². The van der Waals surface area contributed by atoms with Gasteiger partial charge in [0.15, 0.2) is 0 Å². The lowest BCUT2D eigenvalue weighted by Gasteiger charge is -2.27. The molecular weight excluding hydrogens is 400 g/mol. The van der Waals surface area contributed by atoms with Crippen LogP contribution in [-0.4, -0.2) is 49.1 Å². The average Bonchev–Trinajstić information content (AvgIpc) is 2.84. The largest absolute Gasteiger partial charge is 0.299 e. The summed E-state index contributed by atoms with van der Waals surface area (Å²) in [6.07, 6.45) is 38.8. The molecule has 2 unspecified atom stereocenters. The first-order chi connectivity index (χ1) is 16.4. The second-order valence-corrected chi connectivity index (χ2v) is 10.3. The Kier molecular flexibility index (Phi) is 13.6. The highest BCUT2D eigenvalue weighted by Crippen LogP contribution is 2.18. The van der Waals surface area contributed by atoms with E-state index >= 15 is 0 Å². The number of hydrogen-bond acceptors (Lipinski definition) is 2. The molecule has 0 amide bonds. The van der Waals surface area contributed by atoms with Crippen molar-refractivity contribution in [2.45, 2.75) is 96.3 Å². The van der Waals surface area contributed by atoms with E-state index in [0.29, 0.717) is 0 Å². The van der Waals surface area contributed by atoms with Crippen molar-refractivity contribution >= 4 is 0 Å². The van der Waals surface area contributed by atoms with Gasteiger partial charge in [0.05, 0.1) is 0 Å². The smallest absolute Gasteiger partial charge is 0.0193 e. The number of rotatable bonds is 0. The van der Waals surface area contributed by atoms with Crippen LogP contribution in [0.2, 0.25) is 0 Å². The molecule has 3 rings (SSSR count). The van der Waals surface area contributed by atoms with Gasteiger partial charge < -0.3 is 0 Å². The summed E-state index contributed by atoms with van der Waals surface area (Å²) in [7, 11) is 0. The molecule has 0 N–H and O–H groups in total. The molecule has 0 fully saturated rings. The molecule has 0 aliphatic carbocycles. The maximum atomic E-state index is 2.67. The van der Waals surface area contributed by atoms with Gasteiger partial charge in [-0.25, -0.2) is 0 Å². The first kappa shape index (κ1) is 26.2. The summed E-state index contributed by atoms with van der Waals surface area (Å²) in [5, 5.41) is 0. The van der Waals surface area contributed by atoms with Crippen LogP contribution in [0.5, 0.6) is 0 Å². The summed E-state index contributed by atoms with van der Waals surface area (Å²) in [5.41, 5.74) is 3.37. The summed E-state index contributed by atoms with van der Waals surface area (Å²) < 4.78 is 0. The van der Waals surface area contributed by atoms with E-state index < -0.39 is 0 Å². The van der Waals surface area contributed by atoms with Crippen molar-refractivity contribution in [2.24, 2.45) is 0 Å². The first-order valence-corrected chi connectivity index (χ1v) is 14.2. The van der Waals surface area contributed by atoms with Gasteiger partial charge in [0.2, 0.25) is 0 Å². The Morgan fingerprint density at radius 3 is 1.45 bits per heavy atom. The molecule has 0 aromatic heterocycles. The van der Waals surface area contributed by atoms with Gasteiger partial charge in [-0.1, -0.05) is 66.2 Å². The van der Waals surface area contributed by atoms with Crippen LogP contribution < -0.4 is 0 Å². The molecule has 0 radical (unpaired) electrons. The maximum Gasteiger partial charge on any atom is 0.0193 e. The Hall–Kier alpha value is -1.38. The Bertz CT molecular complexity index is 666. The highest BCUT2D eigenvalue weighted by Gasteiger charge is 2.12. The Balaban J connectivity index is 1.41. The van der Waals surface area contributed by atoms with E-state index in [4.69, 9.17) is 0 Å². The molecule has 2 nitrogen and oxygen atoms in total. The van der Waals surface area contributed by atoms with Gasteiger partial charge in [-0.2, -0.15) is 0 Å². The van der Waals surface area contributed by atoms with Gasteiger partial charge in [0.1, 0.15) is 0 Å². The lowest BCUT2D eigenvalue weighted by atomic mass is 10.0. The van der Waals surface area contributed by atoms with Crippen molar-refractivity contribution in [3.05, 3.63) is 59.8 Å². The number of allylic oxidation sites excluding steroid dienone is 4. The number of fused-ring (bicyclic) bond motifs is 4. The standard InChI is InChI=1S/C31H50N2/c1-2-4-8-12-16-24-32-26-19-23-31(29-32)21-15-11-7-5-9-13-17-25-33-27-18-22-30(28-33)20-14-10-6-3-1/h3,6,8-9,12-13,22-23H,1-2,4-5,7,10-11,14-21,24-29H2/b6-3-,12-8-,13-9-. The lowest BCUT2D eigenvalue weighted by molar-refractivity contribution is 0.291. The van der Waals surface area contributed by atoms with Gasteiger partial charge in [-0.15, -0.1) is 0 Å². The second-order valence-electron chi connectivity index (χ2n) is 10.3. The number of hydrogen-bond donors (Lipinski definition) is 0. The molecular formula is C31H50N2. The van der Waals surface area contributed by atoms with E-state index in [1.54, 1.807) is 11.1 Å². The molecule has 3 aliphatic rings. The zero-order chi connectivity index (χ0) is 22.8. The van der Waals surface area contributed by atoms with Crippen LogP contribution in [0.1, 0.15) is 96.3 Å². The predicted octanol–water partition coefficient (Wildman–Crippen LogP) is 8.00. The molecule has 2 atom stereocenters. The van der Waals surface area contributed by atoms with Crippen LogP contribution in [0.25, 0.3) is 0 Å². The normalized spacial score (nSPS) is 30.8. The van der Waals surface area contributed by atoms with E-state index in [2.05, 4.69) is 58.4 Å². The molecule has 0 spiro atoms. The molecule has 2 heteroatoms. The van der Waals surface area contributed by atoms with E-state index in [1.807, 2.05) is 0 Å². The molecule has 33 heavy (non-hydrogen) atoms. The minimum Gasteiger partial charge on any atom is -0.299 e. The van der Waals surface area contributed by atoms with E-state index in [0.717, 1.165) is 0 Å². The fourth-order valence-corrected chi connectivity index (χ4v) is 5.32. The molecule has 4 bridgehead atoms. The van der Waals surface area contributed by atoms with Crippen molar-refractivity contribution in [2.75, 3.05) is 39.3 Å². The van der Waals surface area contributed by atoms with Crippen molar-refractivity contribution in [1.29, 1.82) is 0 Å². The SMILES string of the molecule is C1=C2CCC/C=C\CCC/C=C\CCN3CCC=C(CCCCC/C=C\CCN(CC1)C2)C3. The second kappa shape index (κ2) is 17.1. The Labute approximate surface area is 205 Å². The van der Waals surface area contributed by atoms with Gasteiger partial charge in [-0.3, -0.25) is 9.80 Å². The van der Waals surface area contributed by atoms with Crippen LogP contribution in [0.4, 0.5) is 0 Å². The van der Waals surface area contributed by atoms with Crippen molar-refractivity contribution in [3.63, 3.8) is 0 Å². The molecule has 0 aromatic rings. The highest BCUT2D eigenvalue weighted by molar-refractivity contribution is 5.09. The van der Waals surface area contributed by atoms with E-state index in [9.17, 15) is 0 Å². The first-order valence-electron chi connectivity index (χ1n) is 14.2. The summed E-state index contributed by atoms with van der Waals surface area (Å²) in [4.78, 5) is 5.33. The Morgan fingerprint density at radius 2 is 0.848 bits per heavy atom. The minimum absolute atomic E-state index is 1.21. The molecule has 0 aromatic carbocycles. The number of nitrogens with zero attached hydrogens (tertiary/aromatic N) is 2. The minimum atomic E-state index is 1.21. The van der Waals surface area contributed by atoms with Gasteiger partial charge >= 0.3 is 0 Å². The Morgan fingerprint density at radius 1 is 0.394 bits per heavy atom. The van der Waals surface area contributed by atoms with Crippen molar-refractivity contribution < 1.29 is 0 Å². The average molecular weight is 451 g/mol. The summed E-state index contributed by atoms with van der Waals surface area (Å²) >= 11 is 0. The topological polar surface area (TPSA) is 6.48 Å². The summed E-state index contributed by atoms with van der Waals surface area (Å²) in [6, 6.07) is 0. The predicted molar refractivity (Wildman–Crippen MR) is 146 cm³/mol. The third kappa shape index (κ3) is 12.1. The monoisotopic (exact) mass is 450 g/mol. The molecule has 3 aliphatic heterocycles. The third-order valence-corrected chi connectivity index (χ3v) is 7.31. The van der Waals surface area contributed by atoms with Crippen LogP contribution >= 0.6 is 0 Å². The zero-order valence-electron chi connectivity index (χ0n) is 21.4. The van der Waals surface area contributed by atoms with Crippen molar-refractivity contribution in [3.8, 4) is 0 Å². The van der Waals surface area contributed by atoms with E-state index in [-0.39, 0.29) is 0 Å². The fraction of sp³-hybridized carbons (Fsp3) is 0.677. The molecule has 3 heterocycles. The molecule has 0 saturated heterocycles. The maximum absolute atomic E-state index is 2.67. The quantitative estimate of drug-likeness (QED) is 0.345. The lowest BCUT2D eigenvalue weighted by Crippen LogP contribution is -2.30. The highest BCUT2D eigenvalue weighted by atomic mass is 15.1. The van der Waals surface area contributed by atoms with Crippen LogP contribution in [0.15, 0.2) is 59.8 Å². The molecule has 184 valence electrons. The third-order valence-electron chi connectivity index (χ3n) is 7.31. The van der Waals surface area contributed by atoms with E-state index in [1.165, 1.54) is 136 Å². The fourth-order valence-electron chi connectivity index (χ4n) is 5.32. The van der Waals surface area contributed by atoms with Gasteiger partial charge in [0.25, 0.3) is 0 Å². The van der Waals surface area contributed by atoms with Gasteiger partial charge in [0, 0.05) is 39.3 Å². The van der Waals surface area contributed by atoms with Crippen LogP contribution in [-0.2, 0) is 0 Å². The summed E-state index contributed by atoms with van der Waals surface area (Å²) in [5.74, 6) is 0. The van der Waals surface area contributed by atoms with Crippen LogP contribution in [0, 0.1) is 0 Å². The molecule has 0 saturated carbocycles.